The van der Waals surface area contributed by atoms with Crippen molar-refractivity contribution >= 4 is 17.5 Å². The Kier molecular flexibility index (Phi) is 9.14. The monoisotopic (exact) mass is 321 g/mol. The number of allylic oxidation sites excluding steroid dienone is 4. The zero-order valence-electron chi connectivity index (χ0n) is 14.4. The van der Waals surface area contributed by atoms with Crippen molar-refractivity contribution in [1.82, 2.24) is 0 Å². The molecule has 0 radical (unpaired) electrons. The molecule has 0 fully saturated rings. The number of hydrogen-bond donors (Lipinski definition) is 0. The largest absolute Gasteiger partial charge is 0.385 e. The molecule has 0 aromatic carbocycles. The van der Waals surface area contributed by atoms with Gasteiger partial charge >= 0.3 is 5.97 Å². The summed E-state index contributed by atoms with van der Waals surface area (Å²) in [5.41, 5.74) is 2.01. The molecule has 0 spiro atoms. The molecule has 0 aromatic rings. The lowest BCUT2D eigenvalue weighted by Gasteiger charge is -2.12. The van der Waals surface area contributed by atoms with Crippen molar-refractivity contribution in [3.63, 3.8) is 0 Å². The van der Waals surface area contributed by atoms with E-state index in [1.54, 1.807) is 26.2 Å². The molecule has 0 amide bonds. The lowest BCUT2D eigenvalue weighted by atomic mass is 9.94. The van der Waals surface area contributed by atoms with E-state index in [1.807, 2.05) is 0 Å². The summed E-state index contributed by atoms with van der Waals surface area (Å²) in [5, 5.41) is 3.90. The van der Waals surface area contributed by atoms with Crippen molar-refractivity contribution in [3.05, 3.63) is 23.3 Å². The Bertz CT molecular complexity index is 503. The minimum atomic E-state index is -0.392. The molecule has 5 nitrogen and oxygen atoms in total. The van der Waals surface area contributed by atoms with Crippen molar-refractivity contribution < 1.29 is 19.2 Å². The van der Waals surface area contributed by atoms with E-state index < -0.39 is 5.97 Å². The molecule has 0 saturated carbocycles. The molecule has 0 heterocycles. The van der Waals surface area contributed by atoms with Gasteiger partial charge in [0.2, 0.25) is 0 Å². The Labute approximate surface area is 138 Å². The molecular formula is C18H27NO4. The maximum absolute atomic E-state index is 12.0. The Morgan fingerprint density at radius 2 is 1.96 bits per heavy atom. The van der Waals surface area contributed by atoms with Gasteiger partial charge in [-0.15, -0.1) is 0 Å². The van der Waals surface area contributed by atoms with E-state index in [-0.39, 0.29) is 12.2 Å². The highest BCUT2D eigenvalue weighted by Crippen LogP contribution is 2.18. The highest BCUT2D eigenvalue weighted by atomic mass is 16.7. The third kappa shape index (κ3) is 7.37. The average molecular weight is 321 g/mol. The fourth-order valence-corrected chi connectivity index (χ4v) is 2.26. The van der Waals surface area contributed by atoms with Gasteiger partial charge in [-0.2, -0.15) is 0 Å². The first-order chi connectivity index (χ1) is 11.1. The van der Waals surface area contributed by atoms with Gasteiger partial charge in [0, 0.05) is 19.3 Å². The van der Waals surface area contributed by atoms with Crippen molar-refractivity contribution in [1.29, 1.82) is 0 Å². The normalized spacial score (nSPS) is 16.3. The maximum atomic E-state index is 12.0. The molecule has 0 aromatic heterocycles. The first kappa shape index (κ1) is 19.3. The minimum absolute atomic E-state index is 0.0318. The molecule has 1 aliphatic carbocycles. The van der Waals surface area contributed by atoms with Crippen LogP contribution < -0.4 is 0 Å². The number of hydrogen-bond acceptors (Lipinski definition) is 5. The quantitative estimate of drug-likeness (QED) is 0.266. The van der Waals surface area contributed by atoms with Gasteiger partial charge in [0.15, 0.2) is 5.78 Å². The van der Waals surface area contributed by atoms with E-state index in [4.69, 9.17) is 9.57 Å². The summed E-state index contributed by atoms with van der Waals surface area (Å²) in [6, 6.07) is 0. The standard InChI is InChI=1S/C18H27NO4/c1-4-5-6-7-9-15-13-16(14(2)12-17(15)20)19-23-18(21)10-8-11-22-3/h12-13H,4-11H2,1-3H3/b19-16-. The summed E-state index contributed by atoms with van der Waals surface area (Å²) in [7, 11) is 1.59. The number of carbonyl (C=O) groups excluding carboxylic acids is 2. The zero-order valence-corrected chi connectivity index (χ0v) is 14.4. The summed E-state index contributed by atoms with van der Waals surface area (Å²) in [6.45, 7) is 4.46. The second-order valence-electron chi connectivity index (χ2n) is 5.71. The predicted octanol–water partition coefficient (Wildman–Crippen LogP) is 3.74. The first-order valence-electron chi connectivity index (χ1n) is 8.28. The molecule has 0 atom stereocenters. The van der Waals surface area contributed by atoms with E-state index in [2.05, 4.69) is 12.1 Å². The number of carbonyl (C=O) groups is 2. The van der Waals surface area contributed by atoms with Gasteiger partial charge in [0.05, 0.1) is 6.42 Å². The number of oxime groups is 1. The molecule has 0 aliphatic heterocycles. The van der Waals surface area contributed by atoms with Crippen LogP contribution >= 0.6 is 0 Å². The van der Waals surface area contributed by atoms with Crippen molar-refractivity contribution in [2.75, 3.05) is 13.7 Å². The number of methoxy groups -OCH3 is 1. The number of nitrogens with zero attached hydrogens (tertiary/aromatic N) is 1. The van der Waals surface area contributed by atoms with Crippen molar-refractivity contribution in [2.45, 2.75) is 58.8 Å². The number of ketones is 1. The van der Waals surface area contributed by atoms with E-state index in [0.29, 0.717) is 18.7 Å². The van der Waals surface area contributed by atoms with Gasteiger partial charge in [-0.25, -0.2) is 4.79 Å². The van der Waals surface area contributed by atoms with Crippen molar-refractivity contribution in [3.8, 4) is 0 Å². The van der Waals surface area contributed by atoms with E-state index >= 15 is 0 Å². The number of ether oxygens (including phenoxy) is 1. The summed E-state index contributed by atoms with van der Waals surface area (Å²) in [6.07, 6.45) is 9.36. The lowest BCUT2D eigenvalue weighted by Crippen LogP contribution is -2.13. The summed E-state index contributed by atoms with van der Waals surface area (Å²) >= 11 is 0. The molecular weight excluding hydrogens is 294 g/mol. The van der Waals surface area contributed by atoms with Crippen molar-refractivity contribution in [2.24, 2.45) is 5.16 Å². The van der Waals surface area contributed by atoms with Crippen LogP contribution in [0.1, 0.15) is 58.8 Å². The smallest absolute Gasteiger partial charge is 0.335 e. The van der Waals surface area contributed by atoms with Gasteiger partial charge in [0.1, 0.15) is 5.71 Å². The van der Waals surface area contributed by atoms with E-state index in [0.717, 1.165) is 36.8 Å². The van der Waals surface area contributed by atoms with Gasteiger partial charge in [-0.1, -0.05) is 31.3 Å². The van der Waals surface area contributed by atoms with Crippen LogP contribution in [-0.2, 0) is 19.2 Å². The molecule has 23 heavy (non-hydrogen) atoms. The molecule has 0 unspecified atom stereocenters. The van der Waals surface area contributed by atoms with Crippen LogP contribution in [0.3, 0.4) is 0 Å². The minimum Gasteiger partial charge on any atom is -0.385 e. The van der Waals surface area contributed by atoms with Gasteiger partial charge in [-0.05, 0) is 43.9 Å². The summed E-state index contributed by atoms with van der Waals surface area (Å²) < 4.78 is 4.88. The molecule has 5 heteroatoms. The topological polar surface area (TPSA) is 65.0 Å². The van der Waals surface area contributed by atoms with Crippen LogP contribution in [0.25, 0.3) is 0 Å². The Morgan fingerprint density at radius 3 is 2.65 bits per heavy atom. The summed E-state index contributed by atoms with van der Waals surface area (Å²) in [4.78, 5) is 28.5. The van der Waals surface area contributed by atoms with Gasteiger partial charge in [0.25, 0.3) is 0 Å². The maximum Gasteiger partial charge on any atom is 0.335 e. The highest BCUT2D eigenvalue weighted by molar-refractivity contribution is 6.21. The lowest BCUT2D eigenvalue weighted by molar-refractivity contribution is -0.143. The Morgan fingerprint density at radius 1 is 1.17 bits per heavy atom. The highest BCUT2D eigenvalue weighted by Gasteiger charge is 2.17. The molecule has 1 aliphatic rings. The van der Waals surface area contributed by atoms with Crippen LogP contribution in [0, 0.1) is 0 Å². The van der Waals surface area contributed by atoms with Gasteiger partial charge < -0.3 is 9.57 Å². The fourth-order valence-electron chi connectivity index (χ4n) is 2.26. The average Bonchev–Trinajstić information content (AvgIpc) is 2.52. The Hall–Kier alpha value is -1.75. The molecule has 128 valence electrons. The second-order valence-corrected chi connectivity index (χ2v) is 5.71. The van der Waals surface area contributed by atoms with Crippen LogP contribution in [0.15, 0.2) is 28.5 Å². The zero-order chi connectivity index (χ0) is 17.1. The van der Waals surface area contributed by atoms with Crippen LogP contribution in [0.2, 0.25) is 0 Å². The number of unbranched alkanes of at least 4 members (excludes halogenated alkanes) is 3. The SMILES string of the molecule is CCCCCCC1=C/C(=N/OC(=O)CCCOC)C(C)=CC1=O. The molecule has 0 saturated heterocycles. The molecule has 0 N–H and O–H groups in total. The summed E-state index contributed by atoms with van der Waals surface area (Å²) in [5.74, 6) is -0.360. The third-order valence-electron chi connectivity index (χ3n) is 3.65. The van der Waals surface area contributed by atoms with Gasteiger partial charge in [-0.3, -0.25) is 4.79 Å². The van der Waals surface area contributed by atoms with E-state index in [1.165, 1.54) is 6.42 Å². The van der Waals surface area contributed by atoms with E-state index in [9.17, 15) is 9.59 Å². The second kappa shape index (κ2) is 10.9. The molecule has 1 rings (SSSR count). The third-order valence-corrected chi connectivity index (χ3v) is 3.65. The first-order valence-corrected chi connectivity index (χ1v) is 8.28. The fraction of sp³-hybridized carbons (Fsp3) is 0.611. The van der Waals surface area contributed by atoms with Crippen LogP contribution in [0.4, 0.5) is 0 Å². The molecule has 0 bridgehead atoms. The number of rotatable bonds is 10. The predicted molar refractivity (Wildman–Crippen MR) is 90.2 cm³/mol. The van der Waals surface area contributed by atoms with Crippen LogP contribution in [-0.4, -0.2) is 31.2 Å². The Balaban J connectivity index is 2.58. The van der Waals surface area contributed by atoms with Crippen LogP contribution in [0.5, 0.6) is 0 Å².